The molecule has 0 radical (unpaired) electrons. The lowest BCUT2D eigenvalue weighted by Crippen LogP contribution is -2.44. The van der Waals surface area contributed by atoms with Crippen molar-refractivity contribution < 1.29 is 4.79 Å². The van der Waals surface area contributed by atoms with Gasteiger partial charge in [-0.2, -0.15) is 0 Å². The molecule has 15 heavy (non-hydrogen) atoms. The molecule has 1 aliphatic carbocycles. The Morgan fingerprint density at radius 3 is 2.93 bits per heavy atom. The number of hydrogen-bond acceptors (Lipinski definition) is 3. The summed E-state index contributed by atoms with van der Waals surface area (Å²) in [5, 5.41) is 6.49. The molecule has 4 N–H and O–H groups in total. The first kappa shape index (κ1) is 10.9. The molecule has 1 aliphatic heterocycles. The lowest BCUT2D eigenvalue weighted by molar-refractivity contribution is -0.119. The van der Waals surface area contributed by atoms with Crippen LogP contribution in [-0.4, -0.2) is 30.6 Å². The summed E-state index contributed by atoms with van der Waals surface area (Å²) >= 11 is 0. The van der Waals surface area contributed by atoms with Gasteiger partial charge in [-0.25, -0.2) is 0 Å². The van der Waals surface area contributed by atoms with Crippen molar-refractivity contribution in [2.24, 2.45) is 5.73 Å². The van der Waals surface area contributed by atoms with Gasteiger partial charge in [0, 0.05) is 31.1 Å². The number of nitrogens with two attached hydrogens (primary N) is 1. The molecule has 0 aromatic rings. The lowest BCUT2D eigenvalue weighted by atomic mass is 9.91. The number of rotatable bonds is 3. The molecule has 3 atom stereocenters. The van der Waals surface area contributed by atoms with E-state index in [1.165, 1.54) is 19.3 Å². The molecule has 0 spiro atoms. The Kier molecular flexibility index (Phi) is 3.59. The minimum Gasteiger partial charge on any atom is -0.352 e. The molecule has 1 amide bonds. The van der Waals surface area contributed by atoms with Crippen molar-refractivity contribution >= 4 is 5.91 Å². The normalized spacial score (nSPS) is 36.6. The standard InChI is InChI=1S/C11H21N3O/c12-8-2-1-3-9(6-8)13-7-10-4-5-11(15)14-10/h8-10,13H,1-7,12H2,(H,14,15). The minimum atomic E-state index is 0.196. The molecule has 0 aromatic heterocycles. The summed E-state index contributed by atoms with van der Waals surface area (Å²) in [6.45, 7) is 0.906. The Bertz CT molecular complexity index is 232. The lowest BCUT2D eigenvalue weighted by Gasteiger charge is -2.28. The molecular formula is C11H21N3O. The van der Waals surface area contributed by atoms with Crippen LogP contribution in [0.2, 0.25) is 0 Å². The van der Waals surface area contributed by atoms with Gasteiger partial charge in [-0.05, 0) is 25.7 Å². The Morgan fingerprint density at radius 2 is 2.27 bits per heavy atom. The molecular weight excluding hydrogens is 190 g/mol. The zero-order valence-corrected chi connectivity index (χ0v) is 9.17. The third-order valence-corrected chi connectivity index (χ3v) is 3.45. The molecule has 2 rings (SSSR count). The smallest absolute Gasteiger partial charge is 0.220 e. The molecule has 1 heterocycles. The van der Waals surface area contributed by atoms with Gasteiger partial charge in [0.05, 0.1) is 0 Å². The van der Waals surface area contributed by atoms with Gasteiger partial charge in [0.25, 0.3) is 0 Å². The predicted octanol–water partition coefficient (Wildman–Crippen LogP) is 0.124. The van der Waals surface area contributed by atoms with Gasteiger partial charge in [-0.1, -0.05) is 6.42 Å². The van der Waals surface area contributed by atoms with Gasteiger partial charge >= 0.3 is 0 Å². The summed E-state index contributed by atoms with van der Waals surface area (Å²) in [6.07, 6.45) is 6.38. The van der Waals surface area contributed by atoms with Crippen LogP contribution >= 0.6 is 0 Å². The maximum atomic E-state index is 11.0. The Morgan fingerprint density at radius 1 is 1.40 bits per heavy atom. The summed E-state index contributed by atoms with van der Waals surface area (Å²) in [6, 6.07) is 1.27. The van der Waals surface area contributed by atoms with Gasteiger partial charge in [0.2, 0.25) is 5.91 Å². The van der Waals surface area contributed by atoms with Crippen LogP contribution in [0.5, 0.6) is 0 Å². The second-order valence-electron chi connectivity index (χ2n) is 4.83. The van der Waals surface area contributed by atoms with E-state index >= 15 is 0 Å². The fourth-order valence-corrected chi connectivity index (χ4v) is 2.55. The van der Waals surface area contributed by atoms with E-state index in [4.69, 9.17) is 5.73 Å². The molecule has 0 bridgehead atoms. The van der Waals surface area contributed by atoms with Crippen LogP contribution in [0.1, 0.15) is 38.5 Å². The fourth-order valence-electron chi connectivity index (χ4n) is 2.55. The van der Waals surface area contributed by atoms with Crippen LogP contribution in [0.3, 0.4) is 0 Å². The van der Waals surface area contributed by atoms with Crippen molar-refractivity contribution in [2.75, 3.05) is 6.54 Å². The highest BCUT2D eigenvalue weighted by Gasteiger charge is 2.23. The third kappa shape index (κ3) is 3.18. The highest BCUT2D eigenvalue weighted by molar-refractivity contribution is 5.78. The van der Waals surface area contributed by atoms with Gasteiger partial charge in [-0.15, -0.1) is 0 Å². The van der Waals surface area contributed by atoms with Crippen LogP contribution in [0.15, 0.2) is 0 Å². The van der Waals surface area contributed by atoms with Gasteiger partial charge < -0.3 is 16.4 Å². The van der Waals surface area contributed by atoms with E-state index in [1.807, 2.05) is 0 Å². The molecule has 4 nitrogen and oxygen atoms in total. The number of carbonyl (C=O) groups is 1. The van der Waals surface area contributed by atoms with Crippen molar-refractivity contribution in [1.82, 2.24) is 10.6 Å². The summed E-state index contributed by atoms with van der Waals surface area (Å²) in [7, 11) is 0. The molecule has 86 valence electrons. The first-order chi connectivity index (χ1) is 7.24. The van der Waals surface area contributed by atoms with Crippen LogP contribution in [0, 0.1) is 0 Å². The Labute approximate surface area is 91.0 Å². The van der Waals surface area contributed by atoms with Crippen molar-refractivity contribution in [1.29, 1.82) is 0 Å². The van der Waals surface area contributed by atoms with E-state index in [2.05, 4.69) is 10.6 Å². The van der Waals surface area contributed by atoms with Crippen molar-refractivity contribution in [2.45, 2.75) is 56.7 Å². The Balaban J connectivity index is 1.66. The van der Waals surface area contributed by atoms with Crippen LogP contribution in [-0.2, 0) is 4.79 Å². The van der Waals surface area contributed by atoms with Crippen molar-refractivity contribution in [3.8, 4) is 0 Å². The second-order valence-corrected chi connectivity index (χ2v) is 4.83. The van der Waals surface area contributed by atoms with Crippen LogP contribution in [0.4, 0.5) is 0 Å². The largest absolute Gasteiger partial charge is 0.352 e. The second kappa shape index (κ2) is 4.94. The number of hydrogen-bond donors (Lipinski definition) is 3. The number of nitrogens with one attached hydrogen (secondary N) is 2. The molecule has 2 fully saturated rings. The summed E-state index contributed by atoms with van der Waals surface area (Å²) in [5.41, 5.74) is 5.92. The van der Waals surface area contributed by atoms with E-state index in [0.29, 0.717) is 24.5 Å². The van der Waals surface area contributed by atoms with Crippen molar-refractivity contribution in [3.63, 3.8) is 0 Å². The maximum absolute atomic E-state index is 11.0. The average Bonchev–Trinajstić information content (AvgIpc) is 2.62. The first-order valence-corrected chi connectivity index (χ1v) is 6.02. The van der Waals surface area contributed by atoms with Gasteiger partial charge in [0.1, 0.15) is 0 Å². The zero-order valence-electron chi connectivity index (χ0n) is 9.17. The van der Waals surface area contributed by atoms with E-state index in [9.17, 15) is 4.79 Å². The van der Waals surface area contributed by atoms with Gasteiger partial charge in [-0.3, -0.25) is 4.79 Å². The Hall–Kier alpha value is -0.610. The van der Waals surface area contributed by atoms with E-state index in [0.717, 1.165) is 19.4 Å². The third-order valence-electron chi connectivity index (χ3n) is 3.45. The maximum Gasteiger partial charge on any atom is 0.220 e. The van der Waals surface area contributed by atoms with E-state index < -0.39 is 0 Å². The number of amides is 1. The summed E-state index contributed by atoms with van der Waals surface area (Å²) in [4.78, 5) is 11.0. The van der Waals surface area contributed by atoms with Crippen LogP contribution in [0.25, 0.3) is 0 Å². The first-order valence-electron chi connectivity index (χ1n) is 6.02. The highest BCUT2D eigenvalue weighted by atomic mass is 16.1. The van der Waals surface area contributed by atoms with E-state index in [-0.39, 0.29) is 5.91 Å². The van der Waals surface area contributed by atoms with Gasteiger partial charge in [0.15, 0.2) is 0 Å². The molecule has 4 heteroatoms. The molecule has 3 unspecified atom stereocenters. The minimum absolute atomic E-state index is 0.196. The van der Waals surface area contributed by atoms with E-state index in [1.54, 1.807) is 0 Å². The predicted molar refractivity (Wildman–Crippen MR) is 59.4 cm³/mol. The molecule has 1 saturated carbocycles. The summed E-state index contributed by atoms with van der Waals surface area (Å²) < 4.78 is 0. The number of carbonyl (C=O) groups excluding carboxylic acids is 1. The monoisotopic (exact) mass is 211 g/mol. The topological polar surface area (TPSA) is 67.1 Å². The molecule has 1 saturated heterocycles. The highest BCUT2D eigenvalue weighted by Crippen LogP contribution is 2.17. The van der Waals surface area contributed by atoms with Crippen LogP contribution < -0.4 is 16.4 Å². The zero-order chi connectivity index (χ0) is 10.7. The van der Waals surface area contributed by atoms with Crippen molar-refractivity contribution in [3.05, 3.63) is 0 Å². The summed E-state index contributed by atoms with van der Waals surface area (Å²) in [5.74, 6) is 0.196. The average molecular weight is 211 g/mol. The molecule has 2 aliphatic rings. The quantitative estimate of drug-likeness (QED) is 0.621. The molecule has 0 aromatic carbocycles. The SMILES string of the molecule is NC1CCCC(NCC2CCC(=O)N2)C1. The fraction of sp³-hybridized carbons (Fsp3) is 0.909.